The van der Waals surface area contributed by atoms with Gasteiger partial charge in [0.25, 0.3) is 11.8 Å². The number of amides is 2. The molecule has 0 radical (unpaired) electrons. The molecule has 8 nitrogen and oxygen atoms in total. The summed E-state index contributed by atoms with van der Waals surface area (Å²) in [7, 11) is 0. The van der Waals surface area contributed by atoms with E-state index in [0.717, 1.165) is 31.7 Å². The van der Waals surface area contributed by atoms with Gasteiger partial charge in [-0.3, -0.25) is 14.6 Å². The molecule has 0 unspecified atom stereocenters. The number of pyridine rings is 2. The molecule has 2 bridgehead atoms. The Hall–Kier alpha value is -3.75. The van der Waals surface area contributed by atoms with E-state index in [1.165, 1.54) is 18.3 Å². The Morgan fingerprint density at radius 3 is 2.53 bits per heavy atom. The summed E-state index contributed by atoms with van der Waals surface area (Å²) in [5.41, 5.74) is 0.721. The first-order chi connectivity index (χ1) is 15.5. The predicted molar refractivity (Wildman–Crippen MR) is 118 cm³/mol. The third-order valence-electron chi connectivity index (χ3n) is 5.39. The molecule has 166 valence electrons. The van der Waals surface area contributed by atoms with Crippen molar-refractivity contribution in [2.75, 3.05) is 18.4 Å². The van der Waals surface area contributed by atoms with Gasteiger partial charge in [-0.1, -0.05) is 18.9 Å². The molecule has 3 aromatic rings. The molecule has 9 heteroatoms. The van der Waals surface area contributed by atoms with Gasteiger partial charge in [0.1, 0.15) is 17.2 Å². The molecule has 1 aliphatic rings. The van der Waals surface area contributed by atoms with Gasteiger partial charge in [0, 0.05) is 36.8 Å². The summed E-state index contributed by atoms with van der Waals surface area (Å²) in [6.07, 6.45) is 5.08. The van der Waals surface area contributed by atoms with Gasteiger partial charge >= 0.3 is 0 Å². The van der Waals surface area contributed by atoms with Crippen LogP contribution in [0.4, 0.5) is 10.2 Å². The molecule has 0 spiro atoms. The molecular weight excluding hydrogens is 413 g/mol. The number of nitrogens with one attached hydrogen (secondary N) is 3. The van der Waals surface area contributed by atoms with Crippen molar-refractivity contribution in [3.05, 3.63) is 59.2 Å². The lowest BCUT2D eigenvalue weighted by molar-refractivity contribution is 0.0930. The molecule has 0 aliphatic carbocycles. The van der Waals surface area contributed by atoms with Crippen molar-refractivity contribution in [2.45, 2.75) is 32.2 Å². The quantitative estimate of drug-likeness (QED) is 0.429. The third-order valence-corrected chi connectivity index (χ3v) is 5.39. The number of aromatic hydroxyl groups is 1. The van der Waals surface area contributed by atoms with Crippen LogP contribution in [0.3, 0.4) is 0 Å². The average molecular weight is 437 g/mol. The number of halogens is 1. The Bertz CT molecular complexity index is 1170. The molecule has 4 rings (SSSR count). The van der Waals surface area contributed by atoms with E-state index in [4.69, 9.17) is 0 Å². The molecule has 3 heterocycles. The highest BCUT2D eigenvalue weighted by Gasteiger charge is 2.21. The zero-order valence-corrected chi connectivity index (χ0v) is 17.4. The normalized spacial score (nSPS) is 15.8. The van der Waals surface area contributed by atoms with Gasteiger partial charge in [-0.2, -0.15) is 0 Å². The Morgan fingerprint density at radius 1 is 0.938 bits per heavy atom. The van der Waals surface area contributed by atoms with Crippen molar-refractivity contribution in [3.63, 3.8) is 0 Å². The van der Waals surface area contributed by atoms with E-state index in [1.807, 2.05) is 0 Å². The van der Waals surface area contributed by atoms with Gasteiger partial charge in [-0.05, 0) is 42.7 Å². The summed E-state index contributed by atoms with van der Waals surface area (Å²) >= 11 is 0. The average Bonchev–Trinajstić information content (AvgIpc) is 2.80. The maximum absolute atomic E-state index is 13.8. The number of benzene rings is 1. The van der Waals surface area contributed by atoms with Gasteiger partial charge in [0.15, 0.2) is 11.4 Å². The number of fused-ring (bicyclic) bond motifs is 5. The van der Waals surface area contributed by atoms with E-state index in [1.54, 1.807) is 12.1 Å². The van der Waals surface area contributed by atoms with Crippen LogP contribution in [0, 0.1) is 5.82 Å². The Kier molecular flexibility index (Phi) is 6.44. The standard InChI is InChI=1S/C23H24FN5O3/c24-15-8-7-14-13-28-23(32)19-20(30)18-16(6-5-11-25-18)21(29-19)26-9-3-1-2-4-10-27-22(31)17(14)12-15/h5-8,11-12,30H,1-4,9-10,13H2,(H,26,29)(H,27,31)(H,28,32). The van der Waals surface area contributed by atoms with Crippen molar-refractivity contribution in [2.24, 2.45) is 0 Å². The zero-order chi connectivity index (χ0) is 22.5. The fourth-order valence-electron chi connectivity index (χ4n) is 3.70. The highest BCUT2D eigenvalue weighted by atomic mass is 19.1. The minimum absolute atomic E-state index is 0.0357. The summed E-state index contributed by atoms with van der Waals surface area (Å²) in [4.78, 5) is 34.0. The number of aromatic nitrogens is 2. The van der Waals surface area contributed by atoms with Crippen LogP contribution in [-0.4, -0.2) is 40.0 Å². The summed E-state index contributed by atoms with van der Waals surface area (Å²) in [6, 6.07) is 7.37. The maximum atomic E-state index is 13.8. The van der Waals surface area contributed by atoms with Crippen LogP contribution in [0.1, 0.15) is 52.1 Å². The van der Waals surface area contributed by atoms with Crippen molar-refractivity contribution < 1.29 is 19.1 Å². The topological polar surface area (TPSA) is 116 Å². The summed E-state index contributed by atoms with van der Waals surface area (Å²) < 4.78 is 13.8. The molecule has 1 aliphatic heterocycles. The highest BCUT2D eigenvalue weighted by Crippen LogP contribution is 2.30. The first-order valence-electron chi connectivity index (χ1n) is 10.6. The SMILES string of the molecule is O=C1NCCCCCCNc2nc(c(O)c3ncccc23)C(=O)NCc2ccc(F)cc21. The van der Waals surface area contributed by atoms with Crippen LogP contribution in [0.15, 0.2) is 36.5 Å². The summed E-state index contributed by atoms with van der Waals surface area (Å²) in [5, 5.41) is 20.0. The number of anilines is 1. The largest absolute Gasteiger partial charge is 0.504 e. The van der Waals surface area contributed by atoms with Crippen LogP contribution in [0.5, 0.6) is 5.75 Å². The van der Waals surface area contributed by atoms with Crippen molar-refractivity contribution in [1.82, 2.24) is 20.6 Å². The molecule has 0 saturated carbocycles. The maximum Gasteiger partial charge on any atom is 0.274 e. The van der Waals surface area contributed by atoms with E-state index in [-0.39, 0.29) is 29.1 Å². The lowest BCUT2D eigenvalue weighted by atomic mass is 10.1. The second-order valence-electron chi connectivity index (χ2n) is 7.64. The highest BCUT2D eigenvalue weighted by molar-refractivity contribution is 6.04. The van der Waals surface area contributed by atoms with Crippen LogP contribution >= 0.6 is 0 Å². The van der Waals surface area contributed by atoms with E-state index in [2.05, 4.69) is 25.9 Å². The second-order valence-corrected chi connectivity index (χ2v) is 7.64. The lowest BCUT2D eigenvalue weighted by Crippen LogP contribution is -2.29. The van der Waals surface area contributed by atoms with Crippen molar-refractivity contribution >= 4 is 28.5 Å². The van der Waals surface area contributed by atoms with Gasteiger partial charge in [-0.25, -0.2) is 9.37 Å². The molecule has 2 amide bonds. The Balaban J connectivity index is 1.70. The number of carbonyl (C=O) groups is 2. The lowest BCUT2D eigenvalue weighted by Gasteiger charge is -2.14. The van der Waals surface area contributed by atoms with Crippen LogP contribution in [-0.2, 0) is 6.54 Å². The number of hydrogen-bond donors (Lipinski definition) is 4. The second kappa shape index (κ2) is 9.59. The predicted octanol–water partition coefficient (Wildman–Crippen LogP) is 3.12. The van der Waals surface area contributed by atoms with Gasteiger partial charge in [0.05, 0.1) is 0 Å². The number of rotatable bonds is 0. The molecule has 1 aromatic carbocycles. The van der Waals surface area contributed by atoms with Crippen LogP contribution in [0.2, 0.25) is 0 Å². The summed E-state index contributed by atoms with van der Waals surface area (Å²) in [6.45, 7) is 1.09. The molecule has 0 saturated heterocycles. The summed E-state index contributed by atoms with van der Waals surface area (Å²) in [5.74, 6) is -1.40. The van der Waals surface area contributed by atoms with E-state index in [9.17, 15) is 19.1 Å². The van der Waals surface area contributed by atoms with Gasteiger partial charge in [-0.15, -0.1) is 0 Å². The van der Waals surface area contributed by atoms with Crippen LogP contribution < -0.4 is 16.0 Å². The van der Waals surface area contributed by atoms with Gasteiger partial charge < -0.3 is 21.1 Å². The monoisotopic (exact) mass is 437 g/mol. The minimum Gasteiger partial charge on any atom is -0.504 e. The molecular formula is C23H24FN5O3. The molecule has 0 fully saturated rings. The molecule has 4 N–H and O–H groups in total. The van der Waals surface area contributed by atoms with E-state index >= 15 is 0 Å². The third kappa shape index (κ3) is 4.61. The Labute approximate surface area is 184 Å². The fourth-order valence-corrected chi connectivity index (χ4v) is 3.70. The smallest absolute Gasteiger partial charge is 0.274 e. The molecule has 0 atom stereocenters. The molecule has 2 aromatic heterocycles. The first-order valence-corrected chi connectivity index (χ1v) is 10.6. The Morgan fingerprint density at radius 2 is 1.72 bits per heavy atom. The van der Waals surface area contributed by atoms with E-state index in [0.29, 0.717) is 29.9 Å². The van der Waals surface area contributed by atoms with Gasteiger partial charge in [0.2, 0.25) is 0 Å². The number of hydrogen-bond acceptors (Lipinski definition) is 6. The van der Waals surface area contributed by atoms with Crippen LogP contribution in [0.25, 0.3) is 10.9 Å². The van der Waals surface area contributed by atoms with Crippen molar-refractivity contribution in [3.8, 4) is 5.75 Å². The number of carbonyl (C=O) groups excluding carboxylic acids is 2. The zero-order valence-electron chi connectivity index (χ0n) is 17.4. The molecule has 32 heavy (non-hydrogen) atoms. The van der Waals surface area contributed by atoms with E-state index < -0.39 is 17.6 Å². The number of nitrogens with zero attached hydrogens (tertiary/aromatic N) is 2. The van der Waals surface area contributed by atoms with Crippen molar-refractivity contribution in [1.29, 1.82) is 0 Å². The fraction of sp³-hybridized carbons (Fsp3) is 0.304. The first kappa shape index (κ1) is 21.5. The minimum atomic E-state index is -0.627.